The van der Waals surface area contributed by atoms with Crippen molar-refractivity contribution in [2.75, 3.05) is 19.7 Å². The molecule has 0 radical (unpaired) electrons. The summed E-state index contributed by atoms with van der Waals surface area (Å²) in [6.07, 6.45) is 5.29. The van der Waals surface area contributed by atoms with Gasteiger partial charge < -0.3 is 14.4 Å². The van der Waals surface area contributed by atoms with Crippen molar-refractivity contribution in [3.05, 3.63) is 17.0 Å². The highest BCUT2D eigenvalue weighted by molar-refractivity contribution is 5.94. The van der Waals surface area contributed by atoms with Crippen LogP contribution in [0, 0.1) is 0 Å². The quantitative estimate of drug-likeness (QED) is 0.862. The molecule has 0 unspecified atom stereocenters. The summed E-state index contributed by atoms with van der Waals surface area (Å²) in [5.74, 6) is 0.0313. The fraction of sp³-hybridized carbons (Fsp3) is 0.765. The van der Waals surface area contributed by atoms with Gasteiger partial charge in [0, 0.05) is 25.1 Å². The first-order valence-corrected chi connectivity index (χ1v) is 8.74. The molecule has 1 aromatic rings. The monoisotopic (exact) mass is 319 g/mol. The molecule has 1 N–H and O–H groups in total. The zero-order valence-corrected chi connectivity index (χ0v) is 13.9. The highest BCUT2D eigenvalue weighted by Gasteiger charge is 2.41. The first-order chi connectivity index (χ1) is 11.1. The Morgan fingerprint density at radius 1 is 1.30 bits per heavy atom. The first kappa shape index (κ1) is 15.1. The number of aromatic amines is 1. The number of H-pyrrole nitrogens is 1. The Kier molecular flexibility index (Phi) is 3.69. The number of nitrogens with zero attached hydrogens (tertiary/aromatic N) is 2. The largest absolute Gasteiger partial charge is 0.373 e. The van der Waals surface area contributed by atoms with E-state index in [0.717, 1.165) is 43.5 Å². The molecule has 1 amide bonds. The summed E-state index contributed by atoms with van der Waals surface area (Å²) < 4.78 is 11.8. The predicted molar refractivity (Wildman–Crippen MR) is 84.3 cm³/mol. The van der Waals surface area contributed by atoms with E-state index in [2.05, 4.69) is 10.2 Å². The number of rotatable bonds is 1. The van der Waals surface area contributed by atoms with Crippen LogP contribution < -0.4 is 0 Å². The van der Waals surface area contributed by atoms with Crippen molar-refractivity contribution in [3.8, 4) is 0 Å². The molecule has 126 valence electrons. The van der Waals surface area contributed by atoms with E-state index in [4.69, 9.17) is 9.47 Å². The van der Waals surface area contributed by atoms with Crippen LogP contribution in [-0.4, -0.2) is 52.4 Å². The van der Waals surface area contributed by atoms with Crippen molar-refractivity contribution in [2.24, 2.45) is 0 Å². The molecule has 1 aliphatic carbocycles. The summed E-state index contributed by atoms with van der Waals surface area (Å²) in [5, 5.41) is 7.34. The van der Waals surface area contributed by atoms with Crippen LogP contribution in [0.3, 0.4) is 0 Å². The molecule has 2 aliphatic heterocycles. The highest BCUT2D eigenvalue weighted by atomic mass is 16.5. The second-order valence-electron chi connectivity index (χ2n) is 7.18. The van der Waals surface area contributed by atoms with Crippen LogP contribution in [0.25, 0.3) is 0 Å². The minimum Gasteiger partial charge on any atom is -0.373 e. The van der Waals surface area contributed by atoms with Gasteiger partial charge in [0.2, 0.25) is 0 Å². The Morgan fingerprint density at radius 2 is 2.13 bits per heavy atom. The van der Waals surface area contributed by atoms with Crippen molar-refractivity contribution in [1.82, 2.24) is 15.1 Å². The van der Waals surface area contributed by atoms with Crippen molar-refractivity contribution in [1.29, 1.82) is 0 Å². The molecule has 1 aromatic heterocycles. The fourth-order valence-electron chi connectivity index (χ4n) is 4.06. The number of nitrogens with one attached hydrogen (secondary N) is 1. The lowest BCUT2D eigenvalue weighted by molar-refractivity contribution is -0.0929. The van der Waals surface area contributed by atoms with E-state index in [9.17, 15) is 4.79 Å². The van der Waals surface area contributed by atoms with Crippen LogP contribution in [0.5, 0.6) is 0 Å². The van der Waals surface area contributed by atoms with Gasteiger partial charge in [-0.25, -0.2) is 0 Å². The number of carbonyl (C=O) groups excluding carboxylic acids is 1. The summed E-state index contributed by atoms with van der Waals surface area (Å²) in [4.78, 5) is 14.9. The Hall–Kier alpha value is -1.40. The van der Waals surface area contributed by atoms with Crippen LogP contribution in [0.15, 0.2) is 0 Å². The van der Waals surface area contributed by atoms with Crippen LogP contribution in [0.1, 0.15) is 67.4 Å². The molecular weight excluding hydrogens is 294 g/mol. The van der Waals surface area contributed by atoms with E-state index in [0.29, 0.717) is 18.8 Å². The predicted octanol–water partition coefficient (Wildman–Crippen LogP) is 2.22. The zero-order chi connectivity index (χ0) is 16.0. The number of hydrogen-bond acceptors (Lipinski definition) is 4. The third-order valence-corrected chi connectivity index (χ3v) is 5.60. The summed E-state index contributed by atoms with van der Waals surface area (Å²) in [6.45, 7) is 6.10. The molecule has 3 heterocycles. The fourth-order valence-corrected chi connectivity index (χ4v) is 4.06. The molecule has 6 nitrogen and oxygen atoms in total. The smallest absolute Gasteiger partial charge is 0.274 e. The topological polar surface area (TPSA) is 67.5 Å². The van der Waals surface area contributed by atoms with Crippen LogP contribution >= 0.6 is 0 Å². The van der Waals surface area contributed by atoms with E-state index in [-0.39, 0.29) is 23.7 Å². The normalized spacial score (nSPS) is 29.7. The van der Waals surface area contributed by atoms with Crippen LogP contribution in [0.2, 0.25) is 0 Å². The Balaban J connectivity index is 1.53. The lowest BCUT2D eigenvalue weighted by atomic mass is 9.77. The maximum absolute atomic E-state index is 13.0. The summed E-state index contributed by atoms with van der Waals surface area (Å²) in [7, 11) is 0. The van der Waals surface area contributed by atoms with Crippen LogP contribution in [-0.2, 0) is 15.9 Å². The van der Waals surface area contributed by atoms with E-state index in [1.807, 2.05) is 18.7 Å². The molecule has 0 aromatic carbocycles. The van der Waals surface area contributed by atoms with Gasteiger partial charge in [-0.15, -0.1) is 0 Å². The van der Waals surface area contributed by atoms with Crippen molar-refractivity contribution >= 4 is 5.91 Å². The summed E-state index contributed by atoms with van der Waals surface area (Å²) >= 11 is 0. The van der Waals surface area contributed by atoms with E-state index in [1.165, 1.54) is 6.42 Å². The van der Waals surface area contributed by atoms with Crippen molar-refractivity contribution in [3.63, 3.8) is 0 Å². The van der Waals surface area contributed by atoms with Gasteiger partial charge in [0.1, 0.15) is 0 Å². The van der Waals surface area contributed by atoms with Gasteiger partial charge in [-0.1, -0.05) is 0 Å². The standard InChI is InChI=1S/C17H25N3O3/c1-11-10-13-14(12(2)23-11)18-19-15(13)16(21)20-7-6-17(4-3-5-17)22-9-8-20/h11-12H,3-10H2,1-2H3,(H,18,19)/t11-,12+/m1/s1. The lowest BCUT2D eigenvalue weighted by Crippen LogP contribution is -2.40. The Bertz CT molecular complexity index is 608. The number of amides is 1. The van der Waals surface area contributed by atoms with Gasteiger partial charge in [-0.3, -0.25) is 9.89 Å². The average molecular weight is 319 g/mol. The maximum atomic E-state index is 13.0. The molecule has 23 heavy (non-hydrogen) atoms. The molecule has 1 saturated heterocycles. The van der Waals surface area contributed by atoms with E-state index >= 15 is 0 Å². The van der Waals surface area contributed by atoms with Gasteiger partial charge in [-0.05, 0) is 39.5 Å². The van der Waals surface area contributed by atoms with Gasteiger partial charge in [0.05, 0.1) is 30.1 Å². The molecule has 2 fully saturated rings. The lowest BCUT2D eigenvalue weighted by Gasteiger charge is -2.40. The molecule has 1 saturated carbocycles. The Labute approximate surface area is 136 Å². The number of hydrogen-bond donors (Lipinski definition) is 1. The number of ether oxygens (including phenoxy) is 2. The van der Waals surface area contributed by atoms with E-state index < -0.39 is 0 Å². The molecule has 4 rings (SSSR count). The maximum Gasteiger partial charge on any atom is 0.274 e. The molecular formula is C17H25N3O3. The van der Waals surface area contributed by atoms with Crippen molar-refractivity contribution < 1.29 is 14.3 Å². The highest BCUT2D eigenvalue weighted by Crippen LogP contribution is 2.40. The SMILES string of the molecule is C[C@@H]1Cc2c(C(=O)N3CCOC4(CCC4)CC3)n[nH]c2[C@H](C)O1. The molecule has 2 atom stereocenters. The summed E-state index contributed by atoms with van der Waals surface area (Å²) in [6, 6.07) is 0. The molecule has 1 spiro atoms. The molecule has 6 heteroatoms. The third-order valence-electron chi connectivity index (χ3n) is 5.60. The van der Waals surface area contributed by atoms with Gasteiger partial charge in [0.25, 0.3) is 5.91 Å². The summed E-state index contributed by atoms with van der Waals surface area (Å²) in [5.41, 5.74) is 2.61. The third kappa shape index (κ3) is 2.58. The van der Waals surface area contributed by atoms with Crippen LogP contribution in [0.4, 0.5) is 0 Å². The zero-order valence-electron chi connectivity index (χ0n) is 13.9. The second-order valence-corrected chi connectivity index (χ2v) is 7.18. The van der Waals surface area contributed by atoms with Gasteiger partial charge in [-0.2, -0.15) is 5.10 Å². The number of carbonyl (C=O) groups is 1. The Morgan fingerprint density at radius 3 is 2.87 bits per heavy atom. The minimum atomic E-state index is -0.0338. The van der Waals surface area contributed by atoms with Gasteiger partial charge in [0.15, 0.2) is 5.69 Å². The van der Waals surface area contributed by atoms with Gasteiger partial charge >= 0.3 is 0 Å². The number of fused-ring (bicyclic) bond motifs is 1. The average Bonchev–Trinajstić information content (AvgIpc) is 2.76. The second kappa shape index (κ2) is 5.60. The number of aromatic nitrogens is 2. The van der Waals surface area contributed by atoms with E-state index in [1.54, 1.807) is 0 Å². The van der Waals surface area contributed by atoms with Crippen molar-refractivity contribution in [2.45, 2.75) is 63.8 Å². The molecule has 3 aliphatic rings. The molecule has 0 bridgehead atoms. The first-order valence-electron chi connectivity index (χ1n) is 8.74. The minimum absolute atomic E-state index is 0.0313.